The fourth-order valence-corrected chi connectivity index (χ4v) is 2.31. The number of nitrogens with two attached hydrogens (primary N) is 1. The van der Waals surface area contributed by atoms with E-state index in [1.165, 1.54) is 0 Å². The number of hydrogen-bond donors (Lipinski definition) is 2. The molecule has 0 heterocycles. The summed E-state index contributed by atoms with van der Waals surface area (Å²) in [6, 6.07) is 5.16. The van der Waals surface area contributed by atoms with Crippen molar-refractivity contribution >= 4 is 43.7 Å². The van der Waals surface area contributed by atoms with E-state index in [1.54, 1.807) is 32.0 Å². The van der Waals surface area contributed by atoms with Gasteiger partial charge in [0.1, 0.15) is 5.54 Å². The van der Waals surface area contributed by atoms with Gasteiger partial charge < -0.3 is 11.1 Å². The first-order valence-electron chi connectivity index (χ1n) is 4.81. The molecule has 17 heavy (non-hydrogen) atoms. The average molecular weight is 364 g/mol. The van der Waals surface area contributed by atoms with Crippen LogP contribution in [-0.2, 0) is 4.79 Å². The number of benzene rings is 1. The molecule has 0 aliphatic heterocycles. The summed E-state index contributed by atoms with van der Waals surface area (Å²) in [6.07, 6.45) is 0. The number of hydrogen-bond acceptors (Lipinski definition) is 2. The number of carbonyl (C=O) groups is 2. The molecular weight excluding hydrogens is 352 g/mol. The Hall–Kier alpha value is -0.880. The summed E-state index contributed by atoms with van der Waals surface area (Å²) in [5.41, 5.74) is 4.55. The van der Waals surface area contributed by atoms with Crippen LogP contribution in [0, 0.1) is 0 Å². The van der Waals surface area contributed by atoms with Crippen molar-refractivity contribution < 1.29 is 9.59 Å². The van der Waals surface area contributed by atoms with E-state index in [0.717, 1.165) is 4.47 Å². The minimum atomic E-state index is -1.08. The van der Waals surface area contributed by atoms with Crippen molar-refractivity contribution in [1.29, 1.82) is 0 Å². The van der Waals surface area contributed by atoms with Gasteiger partial charge in [0, 0.05) is 8.95 Å². The third-order valence-corrected chi connectivity index (χ3v) is 3.37. The Morgan fingerprint density at radius 2 is 1.88 bits per heavy atom. The first-order chi connectivity index (χ1) is 7.74. The van der Waals surface area contributed by atoms with Crippen LogP contribution in [0.1, 0.15) is 24.2 Å². The average Bonchev–Trinajstić information content (AvgIpc) is 2.15. The van der Waals surface area contributed by atoms with Crippen molar-refractivity contribution in [3.8, 4) is 0 Å². The van der Waals surface area contributed by atoms with Crippen molar-refractivity contribution in [1.82, 2.24) is 5.32 Å². The predicted molar refractivity (Wildman–Crippen MR) is 72.6 cm³/mol. The van der Waals surface area contributed by atoms with Gasteiger partial charge in [-0.3, -0.25) is 9.59 Å². The molecule has 0 saturated heterocycles. The standard InChI is InChI=1S/C11H12Br2N2O2/c1-11(2,10(14)17)15-9(16)7-4-3-6(12)5-8(7)13/h3-5H,1-2H3,(H2,14,17)(H,15,16). The highest BCUT2D eigenvalue weighted by atomic mass is 79.9. The summed E-state index contributed by atoms with van der Waals surface area (Å²) >= 11 is 6.58. The van der Waals surface area contributed by atoms with Crippen LogP contribution in [0.4, 0.5) is 0 Å². The SMILES string of the molecule is CC(C)(NC(=O)c1ccc(Br)cc1Br)C(N)=O. The van der Waals surface area contributed by atoms with Crippen LogP contribution in [0.25, 0.3) is 0 Å². The van der Waals surface area contributed by atoms with E-state index >= 15 is 0 Å². The van der Waals surface area contributed by atoms with Crippen LogP contribution in [-0.4, -0.2) is 17.4 Å². The molecule has 6 heteroatoms. The van der Waals surface area contributed by atoms with E-state index in [0.29, 0.717) is 10.0 Å². The molecule has 1 aromatic rings. The molecular formula is C11H12Br2N2O2. The van der Waals surface area contributed by atoms with Gasteiger partial charge in [-0.25, -0.2) is 0 Å². The van der Waals surface area contributed by atoms with Gasteiger partial charge in [0.25, 0.3) is 5.91 Å². The van der Waals surface area contributed by atoms with E-state index in [1.807, 2.05) is 0 Å². The Kier molecular flexibility index (Phi) is 4.32. The molecule has 92 valence electrons. The second-order valence-corrected chi connectivity index (χ2v) is 5.84. The zero-order valence-electron chi connectivity index (χ0n) is 9.38. The topological polar surface area (TPSA) is 72.2 Å². The number of primary amides is 1. The molecule has 0 bridgehead atoms. The lowest BCUT2D eigenvalue weighted by Crippen LogP contribution is -2.53. The lowest BCUT2D eigenvalue weighted by molar-refractivity contribution is -0.122. The highest BCUT2D eigenvalue weighted by molar-refractivity contribution is 9.11. The fraction of sp³-hybridized carbons (Fsp3) is 0.273. The van der Waals surface area contributed by atoms with Gasteiger partial charge >= 0.3 is 0 Å². The molecule has 0 unspecified atom stereocenters. The lowest BCUT2D eigenvalue weighted by atomic mass is 10.0. The predicted octanol–water partition coefficient (Wildman–Crippen LogP) is 2.21. The molecule has 4 nitrogen and oxygen atoms in total. The van der Waals surface area contributed by atoms with Crippen LogP contribution in [0.3, 0.4) is 0 Å². The maximum atomic E-state index is 11.9. The summed E-state index contributed by atoms with van der Waals surface area (Å²) in [5.74, 6) is -0.938. The highest BCUT2D eigenvalue weighted by Crippen LogP contribution is 2.22. The number of amides is 2. The minimum absolute atomic E-state index is 0.354. The van der Waals surface area contributed by atoms with Gasteiger partial charge in [-0.1, -0.05) is 15.9 Å². The van der Waals surface area contributed by atoms with Crippen molar-refractivity contribution in [2.45, 2.75) is 19.4 Å². The molecule has 0 saturated carbocycles. The highest BCUT2D eigenvalue weighted by Gasteiger charge is 2.27. The smallest absolute Gasteiger partial charge is 0.253 e. The summed E-state index contributed by atoms with van der Waals surface area (Å²) in [4.78, 5) is 23.0. The molecule has 2 amide bonds. The zero-order chi connectivity index (χ0) is 13.2. The molecule has 0 atom stereocenters. The molecule has 0 radical (unpaired) electrons. The lowest BCUT2D eigenvalue weighted by Gasteiger charge is -2.22. The number of carbonyl (C=O) groups excluding carboxylic acids is 2. The maximum Gasteiger partial charge on any atom is 0.253 e. The number of halogens is 2. The summed E-state index contributed by atoms with van der Waals surface area (Å²) < 4.78 is 1.50. The van der Waals surface area contributed by atoms with Gasteiger partial charge in [0.2, 0.25) is 5.91 Å². The third kappa shape index (κ3) is 3.54. The molecule has 0 aromatic heterocycles. The molecule has 1 aromatic carbocycles. The van der Waals surface area contributed by atoms with Crippen molar-refractivity contribution in [3.05, 3.63) is 32.7 Å². The largest absolute Gasteiger partial charge is 0.368 e. The number of nitrogens with one attached hydrogen (secondary N) is 1. The van der Waals surface area contributed by atoms with Crippen LogP contribution in [0.15, 0.2) is 27.1 Å². The Morgan fingerprint density at radius 1 is 1.29 bits per heavy atom. The van der Waals surface area contributed by atoms with Gasteiger partial charge in [0.15, 0.2) is 0 Å². The van der Waals surface area contributed by atoms with Gasteiger partial charge in [-0.2, -0.15) is 0 Å². The van der Waals surface area contributed by atoms with E-state index < -0.39 is 11.4 Å². The molecule has 1 rings (SSSR count). The quantitative estimate of drug-likeness (QED) is 0.864. The maximum absolute atomic E-state index is 11.9. The van der Waals surface area contributed by atoms with Gasteiger partial charge in [-0.15, -0.1) is 0 Å². The fourth-order valence-electron chi connectivity index (χ4n) is 1.09. The monoisotopic (exact) mass is 362 g/mol. The van der Waals surface area contributed by atoms with Gasteiger partial charge in [0.05, 0.1) is 5.56 Å². The minimum Gasteiger partial charge on any atom is -0.368 e. The Bertz CT molecular complexity index is 473. The van der Waals surface area contributed by atoms with Crippen LogP contribution in [0.2, 0.25) is 0 Å². The zero-order valence-corrected chi connectivity index (χ0v) is 12.6. The second kappa shape index (κ2) is 5.18. The summed E-state index contributed by atoms with van der Waals surface area (Å²) in [5, 5.41) is 2.57. The van der Waals surface area contributed by atoms with E-state index in [9.17, 15) is 9.59 Å². The Labute approximate surface area is 116 Å². The van der Waals surface area contributed by atoms with Crippen molar-refractivity contribution in [2.75, 3.05) is 0 Å². The third-order valence-electron chi connectivity index (χ3n) is 2.22. The van der Waals surface area contributed by atoms with Crippen molar-refractivity contribution in [2.24, 2.45) is 5.73 Å². The second-order valence-electron chi connectivity index (χ2n) is 4.07. The normalized spacial score (nSPS) is 11.1. The van der Waals surface area contributed by atoms with Crippen LogP contribution >= 0.6 is 31.9 Å². The molecule has 3 N–H and O–H groups in total. The molecule has 0 fully saturated rings. The first-order valence-corrected chi connectivity index (χ1v) is 6.40. The molecule has 0 aliphatic carbocycles. The number of rotatable bonds is 3. The van der Waals surface area contributed by atoms with Crippen molar-refractivity contribution in [3.63, 3.8) is 0 Å². The van der Waals surface area contributed by atoms with Gasteiger partial charge in [-0.05, 0) is 48.0 Å². The Balaban J connectivity index is 2.95. The van der Waals surface area contributed by atoms with Crippen LogP contribution in [0.5, 0.6) is 0 Å². The van der Waals surface area contributed by atoms with E-state index in [4.69, 9.17) is 5.73 Å². The Morgan fingerprint density at radius 3 is 2.35 bits per heavy atom. The van der Waals surface area contributed by atoms with E-state index in [2.05, 4.69) is 37.2 Å². The molecule has 0 spiro atoms. The molecule has 0 aliphatic rings. The van der Waals surface area contributed by atoms with Crippen LogP contribution < -0.4 is 11.1 Å². The summed E-state index contributed by atoms with van der Waals surface area (Å²) in [6.45, 7) is 3.11. The first kappa shape index (κ1) is 14.2. The summed E-state index contributed by atoms with van der Waals surface area (Å²) in [7, 11) is 0. The van der Waals surface area contributed by atoms with E-state index in [-0.39, 0.29) is 5.91 Å².